The van der Waals surface area contributed by atoms with Crippen molar-refractivity contribution < 1.29 is 26.5 Å². The van der Waals surface area contributed by atoms with Crippen LogP contribution in [0.1, 0.15) is 11.1 Å². The minimum absolute atomic E-state index is 0. The molecule has 0 bridgehead atoms. The summed E-state index contributed by atoms with van der Waals surface area (Å²) in [5.74, 6) is 6.15. The van der Waals surface area contributed by atoms with Crippen LogP contribution in [0.25, 0.3) is 0 Å². The quantitative estimate of drug-likeness (QED) is 0.478. The topological polar surface area (TPSA) is 18.5 Å². The van der Waals surface area contributed by atoms with Gasteiger partial charge in [0.1, 0.15) is 11.5 Å². The van der Waals surface area contributed by atoms with Crippen LogP contribution in [0.4, 0.5) is 0 Å². The summed E-state index contributed by atoms with van der Waals surface area (Å²) in [5.41, 5.74) is 1.53. The van der Waals surface area contributed by atoms with E-state index in [0.29, 0.717) is 0 Å². The van der Waals surface area contributed by atoms with E-state index >= 15 is 0 Å². The minimum atomic E-state index is 0. The van der Waals surface area contributed by atoms with E-state index in [2.05, 4.69) is 11.8 Å². The zero-order valence-corrected chi connectivity index (χ0v) is 13.7. The maximum Gasteiger partial charge on any atom is 2.00 e. The summed E-state index contributed by atoms with van der Waals surface area (Å²) in [4.78, 5) is 0. The molecule has 110 valence electrons. The van der Waals surface area contributed by atoms with Crippen LogP contribution in [-0.2, 0) is 17.1 Å². The third kappa shape index (κ3) is 7.90. The Morgan fingerprint density at radius 3 is 1.14 bits per heavy atom. The summed E-state index contributed by atoms with van der Waals surface area (Å²) in [5, 5.41) is 0. The number of ether oxygens (including phenoxy) is 2. The van der Waals surface area contributed by atoms with Crippen LogP contribution >= 0.6 is 0 Å². The summed E-state index contributed by atoms with van der Waals surface area (Å²) < 4.78 is 9.85. The first-order valence-electron chi connectivity index (χ1n) is 5.87. The minimum Gasteiger partial charge on any atom is -0.497 e. The maximum atomic E-state index is 6.78. The monoisotopic (exact) mass is 332 g/mol. The first-order chi connectivity index (χ1) is 9.73. The van der Waals surface area contributed by atoms with Gasteiger partial charge in [0, 0.05) is 18.9 Å². The van der Waals surface area contributed by atoms with Crippen LogP contribution in [0.5, 0.6) is 11.5 Å². The van der Waals surface area contributed by atoms with Gasteiger partial charge in [-0.2, -0.15) is 0 Å². The van der Waals surface area contributed by atoms with Gasteiger partial charge in [-0.1, -0.05) is 0 Å². The molecule has 2 aromatic carbocycles. The Labute approximate surface area is 155 Å². The number of hydrogen-bond donors (Lipinski definition) is 0. The summed E-state index contributed by atoms with van der Waals surface area (Å²) in [7, 11) is 3.23. The first-order valence-corrected chi connectivity index (χ1v) is 5.87. The average molecular weight is 333 g/mol. The third-order valence-corrected chi connectivity index (χ3v) is 2.47. The predicted molar refractivity (Wildman–Crippen MR) is 84.2 cm³/mol. The van der Waals surface area contributed by atoms with Crippen molar-refractivity contribution in [1.29, 1.82) is 0 Å². The number of methoxy groups -OCH3 is 2. The van der Waals surface area contributed by atoms with Crippen molar-refractivity contribution in [2.45, 2.75) is 0 Å². The van der Waals surface area contributed by atoms with Crippen LogP contribution in [-0.4, -0.2) is 33.1 Å². The molecule has 0 saturated carbocycles. The second-order valence-electron chi connectivity index (χ2n) is 3.71. The zero-order valence-electron chi connectivity index (χ0n) is 12.7. The normalized spacial score (nSPS) is 7.64. The summed E-state index contributed by atoms with van der Waals surface area (Å²) in [6.45, 7) is 0. The average Bonchev–Trinajstić information content (AvgIpc) is 2.55. The van der Waals surface area contributed by atoms with E-state index in [4.69, 9.17) is 22.3 Å². The molecule has 0 unspecified atom stereocenters. The number of benzene rings is 2. The smallest absolute Gasteiger partial charge is 0.497 e. The Kier molecular flexibility index (Phi) is 13.3. The fourth-order valence-electron chi connectivity index (χ4n) is 1.35. The predicted octanol–water partition coefficient (Wildman–Crippen LogP) is 2.88. The van der Waals surface area contributed by atoms with E-state index in [0.717, 1.165) is 22.6 Å². The molecule has 0 amide bonds. The van der Waals surface area contributed by atoms with E-state index in [-0.39, 0.29) is 35.9 Å². The van der Waals surface area contributed by atoms with Gasteiger partial charge in [0.15, 0.2) is 0 Å². The van der Waals surface area contributed by atoms with Gasteiger partial charge in [-0.05, 0) is 24.3 Å². The summed E-state index contributed by atoms with van der Waals surface area (Å²) >= 11 is 0. The van der Waals surface area contributed by atoms with Crippen LogP contribution < -0.4 is 9.47 Å². The van der Waals surface area contributed by atoms with E-state index in [9.17, 15) is 0 Å². The van der Waals surface area contributed by atoms with Gasteiger partial charge < -0.3 is 22.3 Å². The van der Waals surface area contributed by atoms with Crippen molar-refractivity contribution in [3.8, 4) is 23.3 Å². The molecular formula is C18H14CuLiO2. The van der Waals surface area contributed by atoms with Gasteiger partial charge in [0.25, 0.3) is 0 Å². The van der Waals surface area contributed by atoms with Gasteiger partial charge in [0.05, 0.1) is 14.2 Å². The summed E-state index contributed by atoms with van der Waals surface area (Å²) in [6, 6.07) is 14.3. The standard InChI is InChI=1S/2C9H7O.Cu.Li/c2*1-3-8-4-6-9(10-2)7-5-8;;/h2*4-7H,2H3;;/q2*-1;+2;. The molecule has 0 heterocycles. The van der Waals surface area contributed by atoms with E-state index in [1.165, 1.54) is 0 Å². The van der Waals surface area contributed by atoms with Crippen molar-refractivity contribution in [2.75, 3.05) is 14.2 Å². The molecule has 0 saturated heterocycles. The Hall–Kier alpha value is -1.72. The van der Waals surface area contributed by atoms with Gasteiger partial charge in [-0.15, -0.1) is 35.4 Å². The molecule has 4 heteroatoms. The fraction of sp³-hybridized carbons (Fsp3) is 0.111. The second-order valence-corrected chi connectivity index (χ2v) is 3.71. The Bertz CT molecular complexity index is 550. The Balaban J connectivity index is 0. The van der Waals surface area contributed by atoms with E-state index in [1.807, 2.05) is 0 Å². The van der Waals surface area contributed by atoms with Crippen LogP contribution in [0.15, 0.2) is 48.5 Å². The van der Waals surface area contributed by atoms with Gasteiger partial charge in [-0.3, -0.25) is 11.8 Å². The Morgan fingerprint density at radius 1 is 0.682 bits per heavy atom. The maximum absolute atomic E-state index is 6.78. The molecule has 0 atom stereocenters. The summed E-state index contributed by atoms with van der Waals surface area (Å²) in [6.07, 6.45) is 13.6. The molecule has 0 spiro atoms. The Morgan fingerprint density at radius 2 is 0.955 bits per heavy atom. The van der Waals surface area contributed by atoms with Gasteiger partial charge in [0.2, 0.25) is 0 Å². The largest absolute Gasteiger partial charge is 2.00 e. The van der Waals surface area contributed by atoms with Crippen LogP contribution in [0.3, 0.4) is 0 Å². The van der Waals surface area contributed by atoms with Crippen molar-refractivity contribution in [1.82, 2.24) is 0 Å². The number of hydrogen-bond acceptors (Lipinski definition) is 2. The third-order valence-electron chi connectivity index (χ3n) is 2.47. The van der Waals surface area contributed by atoms with E-state index < -0.39 is 0 Å². The number of rotatable bonds is 2. The first kappa shape index (κ1) is 22.6. The molecular weight excluding hydrogens is 319 g/mol. The molecule has 2 nitrogen and oxygen atoms in total. The second kappa shape index (κ2) is 13.0. The fourth-order valence-corrected chi connectivity index (χ4v) is 1.35. The zero-order chi connectivity index (χ0) is 14.8. The molecule has 0 aliphatic rings. The van der Waals surface area contributed by atoms with E-state index in [1.54, 1.807) is 62.8 Å². The molecule has 0 aliphatic carbocycles. The van der Waals surface area contributed by atoms with Crippen molar-refractivity contribution in [3.05, 3.63) is 72.5 Å². The van der Waals surface area contributed by atoms with Crippen LogP contribution in [0, 0.1) is 24.7 Å². The molecule has 2 rings (SSSR count). The van der Waals surface area contributed by atoms with Crippen molar-refractivity contribution >= 4 is 18.9 Å². The molecule has 0 N–H and O–H groups in total. The van der Waals surface area contributed by atoms with Gasteiger partial charge in [-0.25, -0.2) is 0 Å². The molecule has 2 radical (unpaired) electrons. The molecule has 0 aliphatic heterocycles. The van der Waals surface area contributed by atoms with Crippen molar-refractivity contribution in [2.24, 2.45) is 0 Å². The van der Waals surface area contributed by atoms with Crippen LogP contribution in [0.2, 0.25) is 0 Å². The van der Waals surface area contributed by atoms with Gasteiger partial charge >= 0.3 is 17.1 Å². The van der Waals surface area contributed by atoms with Crippen molar-refractivity contribution in [3.63, 3.8) is 0 Å². The molecule has 2 aromatic rings. The SMILES string of the molecule is [C-]#Cc1ccc(OC)cc1.[C-]#Cc1ccc(OC)cc1.[Cu+2].[Li]. The molecule has 22 heavy (non-hydrogen) atoms. The molecule has 0 fully saturated rings. The molecule has 0 aromatic heterocycles.